The molecule has 0 aliphatic carbocycles. The van der Waals surface area contributed by atoms with Gasteiger partial charge in [0.05, 0.1) is 0 Å². The minimum absolute atomic E-state index is 0.522. The molecule has 2 aliphatic heterocycles. The lowest BCUT2D eigenvalue weighted by Gasteiger charge is -2.32. The number of para-hydroxylation sites is 1. The van der Waals surface area contributed by atoms with E-state index in [0.717, 1.165) is 45.0 Å². The fourth-order valence-corrected chi connectivity index (χ4v) is 4.25. The highest BCUT2D eigenvalue weighted by atomic mass is 16.5. The summed E-state index contributed by atoms with van der Waals surface area (Å²) < 4.78 is 8.46. The molecule has 1 saturated heterocycles. The van der Waals surface area contributed by atoms with E-state index in [9.17, 15) is 0 Å². The molecule has 0 bridgehead atoms. The Morgan fingerprint density at radius 2 is 1.96 bits per heavy atom. The zero-order chi connectivity index (χ0) is 17.2. The standard InChI is InChI=1S/C20H28N4O/c1-15-6-3-7-16(2)19(15)25-13-12-23-10-4-8-17(14-23)20-22-21-18-9-5-11-24(18)20/h3,6-7,17H,4-5,8-14H2,1-2H3. The lowest BCUT2D eigenvalue weighted by atomic mass is 9.97. The molecule has 2 aromatic rings. The monoisotopic (exact) mass is 340 g/mol. The Labute approximate surface area is 150 Å². The molecule has 0 spiro atoms. The fourth-order valence-electron chi connectivity index (χ4n) is 4.25. The summed E-state index contributed by atoms with van der Waals surface area (Å²) in [5.41, 5.74) is 2.44. The minimum Gasteiger partial charge on any atom is -0.492 e. The molecule has 1 aromatic carbocycles. The van der Waals surface area contributed by atoms with Crippen LogP contribution in [0, 0.1) is 13.8 Å². The fraction of sp³-hybridized carbons (Fsp3) is 0.600. The highest BCUT2D eigenvalue weighted by Crippen LogP contribution is 2.28. The SMILES string of the molecule is Cc1cccc(C)c1OCCN1CCCC(c2nnc3n2CCC3)C1. The number of piperidine rings is 1. The van der Waals surface area contributed by atoms with Crippen LogP contribution in [0.25, 0.3) is 0 Å². The third-order valence-corrected chi connectivity index (χ3v) is 5.57. The number of hydrogen-bond donors (Lipinski definition) is 0. The smallest absolute Gasteiger partial charge is 0.137 e. The van der Waals surface area contributed by atoms with Crippen LogP contribution in [0.3, 0.4) is 0 Å². The van der Waals surface area contributed by atoms with Crippen molar-refractivity contribution in [3.8, 4) is 5.75 Å². The first kappa shape index (κ1) is 16.6. The molecule has 1 atom stereocenters. The van der Waals surface area contributed by atoms with Gasteiger partial charge in [0.25, 0.3) is 0 Å². The van der Waals surface area contributed by atoms with Gasteiger partial charge in [-0.05, 0) is 50.8 Å². The summed E-state index contributed by atoms with van der Waals surface area (Å²) >= 11 is 0. The number of fused-ring (bicyclic) bond motifs is 1. The molecule has 1 fully saturated rings. The second-order valence-electron chi connectivity index (χ2n) is 7.44. The van der Waals surface area contributed by atoms with Crippen LogP contribution in [0.15, 0.2) is 18.2 Å². The number of nitrogens with zero attached hydrogens (tertiary/aromatic N) is 4. The summed E-state index contributed by atoms with van der Waals surface area (Å²) in [4.78, 5) is 2.53. The number of aryl methyl sites for hydroxylation is 3. The quantitative estimate of drug-likeness (QED) is 0.839. The van der Waals surface area contributed by atoms with Gasteiger partial charge in [0.1, 0.15) is 24.0 Å². The van der Waals surface area contributed by atoms with E-state index in [-0.39, 0.29) is 0 Å². The molecule has 5 nitrogen and oxygen atoms in total. The van der Waals surface area contributed by atoms with E-state index in [0.29, 0.717) is 5.92 Å². The van der Waals surface area contributed by atoms with Crippen molar-refractivity contribution in [1.29, 1.82) is 0 Å². The Morgan fingerprint density at radius 3 is 2.80 bits per heavy atom. The van der Waals surface area contributed by atoms with E-state index < -0.39 is 0 Å². The van der Waals surface area contributed by atoms with Crippen LogP contribution < -0.4 is 4.74 Å². The van der Waals surface area contributed by atoms with Gasteiger partial charge in [-0.3, -0.25) is 4.90 Å². The van der Waals surface area contributed by atoms with E-state index in [1.807, 2.05) is 0 Å². The molecule has 25 heavy (non-hydrogen) atoms. The molecule has 0 amide bonds. The van der Waals surface area contributed by atoms with Crippen LogP contribution >= 0.6 is 0 Å². The van der Waals surface area contributed by atoms with Crippen LogP contribution in [0.2, 0.25) is 0 Å². The number of rotatable bonds is 5. The predicted molar refractivity (Wildman–Crippen MR) is 98.2 cm³/mol. The molecular formula is C20H28N4O. The van der Waals surface area contributed by atoms with Crippen LogP contribution in [0.1, 0.15) is 48.0 Å². The summed E-state index contributed by atoms with van der Waals surface area (Å²) in [5.74, 6) is 3.97. The van der Waals surface area contributed by atoms with Gasteiger partial charge < -0.3 is 9.30 Å². The summed E-state index contributed by atoms with van der Waals surface area (Å²) in [6.45, 7) is 9.30. The third kappa shape index (κ3) is 3.43. The highest BCUT2D eigenvalue weighted by molar-refractivity contribution is 5.39. The van der Waals surface area contributed by atoms with E-state index >= 15 is 0 Å². The molecule has 0 saturated carbocycles. The number of hydrogen-bond acceptors (Lipinski definition) is 4. The second kappa shape index (κ2) is 7.16. The average molecular weight is 340 g/mol. The van der Waals surface area contributed by atoms with Crippen molar-refractivity contribution in [2.45, 2.75) is 52.0 Å². The van der Waals surface area contributed by atoms with E-state index in [4.69, 9.17) is 4.74 Å². The van der Waals surface area contributed by atoms with E-state index in [2.05, 4.69) is 51.7 Å². The summed E-state index contributed by atoms with van der Waals surface area (Å²) in [6.07, 6.45) is 4.77. The van der Waals surface area contributed by atoms with E-state index in [1.54, 1.807) is 0 Å². The number of likely N-dealkylation sites (tertiary alicyclic amines) is 1. The van der Waals surface area contributed by atoms with Gasteiger partial charge >= 0.3 is 0 Å². The molecule has 4 rings (SSSR count). The molecule has 0 radical (unpaired) electrons. The largest absolute Gasteiger partial charge is 0.492 e. The minimum atomic E-state index is 0.522. The van der Waals surface area contributed by atoms with Gasteiger partial charge in [0.2, 0.25) is 0 Å². The zero-order valence-electron chi connectivity index (χ0n) is 15.4. The van der Waals surface area contributed by atoms with E-state index in [1.165, 1.54) is 42.0 Å². The molecule has 2 aliphatic rings. The van der Waals surface area contributed by atoms with Crippen LogP contribution in [-0.2, 0) is 13.0 Å². The van der Waals surface area contributed by atoms with Crippen molar-refractivity contribution in [3.63, 3.8) is 0 Å². The molecular weight excluding hydrogens is 312 g/mol. The van der Waals surface area contributed by atoms with Crippen molar-refractivity contribution in [3.05, 3.63) is 41.0 Å². The summed E-state index contributed by atoms with van der Waals surface area (Å²) in [5, 5.41) is 8.89. The summed E-state index contributed by atoms with van der Waals surface area (Å²) in [6, 6.07) is 6.32. The van der Waals surface area contributed by atoms with Crippen LogP contribution in [0.4, 0.5) is 0 Å². The maximum atomic E-state index is 6.10. The average Bonchev–Trinajstić information content (AvgIpc) is 3.21. The number of aromatic nitrogens is 3. The zero-order valence-corrected chi connectivity index (χ0v) is 15.4. The van der Waals surface area contributed by atoms with Gasteiger partial charge in [0.15, 0.2) is 0 Å². The topological polar surface area (TPSA) is 43.2 Å². The van der Waals surface area contributed by atoms with Crippen molar-refractivity contribution < 1.29 is 4.74 Å². The molecule has 1 aromatic heterocycles. The van der Waals surface area contributed by atoms with Crippen molar-refractivity contribution in [2.75, 3.05) is 26.2 Å². The molecule has 5 heteroatoms. The Bertz CT molecular complexity index is 719. The Kier molecular flexibility index (Phi) is 4.75. The normalized spacial score (nSPS) is 20.6. The number of ether oxygens (including phenoxy) is 1. The van der Waals surface area contributed by atoms with Gasteiger partial charge in [-0.1, -0.05) is 18.2 Å². The Hall–Kier alpha value is -1.88. The van der Waals surface area contributed by atoms with Crippen LogP contribution in [0.5, 0.6) is 5.75 Å². The Balaban J connectivity index is 1.34. The van der Waals surface area contributed by atoms with Crippen LogP contribution in [-0.4, -0.2) is 45.9 Å². The maximum Gasteiger partial charge on any atom is 0.137 e. The molecule has 0 N–H and O–H groups in total. The first-order valence-electron chi connectivity index (χ1n) is 9.55. The van der Waals surface area contributed by atoms with Gasteiger partial charge in [-0.2, -0.15) is 0 Å². The Morgan fingerprint density at radius 1 is 1.12 bits per heavy atom. The highest BCUT2D eigenvalue weighted by Gasteiger charge is 2.28. The molecule has 1 unspecified atom stereocenters. The van der Waals surface area contributed by atoms with Crippen molar-refractivity contribution in [2.24, 2.45) is 0 Å². The molecule has 134 valence electrons. The second-order valence-corrected chi connectivity index (χ2v) is 7.44. The number of benzene rings is 1. The van der Waals surface area contributed by atoms with Crippen molar-refractivity contribution >= 4 is 0 Å². The summed E-state index contributed by atoms with van der Waals surface area (Å²) in [7, 11) is 0. The first-order chi connectivity index (χ1) is 12.2. The first-order valence-corrected chi connectivity index (χ1v) is 9.55. The maximum absolute atomic E-state index is 6.10. The van der Waals surface area contributed by atoms with Crippen molar-refractivity contribution in [1.82, 2.24) is 19.7 Å². The predicted octanol–water partition coefficient (Wildman–Crippen LogP) is 3.10. The lowest BCUT2D eigenvalue weighted by Crippen LogP contribution is -2.38. The van der Waals surface area contributed by atoms with Gasteiger partial charge in [-0.15, -0.1) is 10.2 Å². The van der Waals surface area contributed by atoms with Gasteiger partial charge in [-0.25, -0.2) is 0 Å². The third-order valence-electron chi connectivity index (χ3n) is 5.57. The lowest BCUT2D eigenvalue weighted by molar-refractivity contribution is 0.166. The van der Waals surface area contributed by atoms with Gasteiger partial charge in [0, 0.05) is 32.0 Å². The molecule has 3 heterocycles.